The molecule has 0 fully saturated rings. The largest absolute Gasteiger partial charge is 0.348 e. The van der Waals surface area contributed by atoms with Crippen LogP contribution >= 0.6 is 11.3 Å². The molecular formula is C9H15N3OS. The first-order valence-electron chi connectivity index (χ1n) is 4.52. The molecule has 1 heterocycles. The maximum absolute atomic E-state index is 11.5. The molecule has 0 saturated carbocycles. The molecule has 0 aliphatic rings. The van der Waals surface area contributed by atoms with Crippen molar-refractivity contribution in [3.05, 3.63) is 16.6 Å². The second kappa shape index (κ2) is 4.52. The van der Waals surface area contributed by atoms with Gasteiger partial charge in [0.2, 0.25) is 5.91 Å². The Balaban J connectivity index is 2.43. The highest BCUT2D eigenvalue weighted by atomic mass is 32.1. The SMILES string of the molecule is CCC(C)(N)C(=O)NCc1nccs1. The molecule has 1 aromatic rings. The molecule has 1 amide bonds. The molecule has 0 bridgehead atoms. The summed E-state index contributed by atoms with van der Waals surface area (Å²) in [5, 5.41) is 5.53. The number of hydrogen-bond donors (Lipinski definition) is 2. The van der Waals surface area contributed by atoms with Crippen molar-refractivity contribution in [2.45, 2.75) is 32.4 Å². The first-order valence-corrected chi connectivity index (χ1v) is 5.40. The predicted molar refractivity (Wildman–Crippen MR) is 56.8 cm³/mol. The van der Waals surface area contributed by atoms with E-state index in [0.717, 1.165) is 5.01 Å². The maximum atomic E-state index is 11.5. The fourth-order valence-corrected chi connectivity index (χ4v) is 1.41. The number of aromatic nitrogens is 1. The third-order valence-electron chi connectivity index (χ3n) is 2.14. The zero-order valence-electron chi connectivity index (χ0n) is 8.41. The van der Waals surface area contributed by atoms with Gasteiger partial charge in [-0.15, -0.1) is 11.3 Å². The van der Waals surface area contributed by atoms with Crippen molar-refractivity contribution in [2.75, 3.05) is 0 Å². The molecule has 0 spiro atoms. The summed E-state index contributed by atoms with van der Waals surface area (Å²) in [6, 6.07) is 0. The second-order valence-electron chi connectivity index (χ2n) is 3.38. The van der Waals surface area contributed by atoms with E-state index in [0.29, 0.717) is 13.0 Å². The zero-order chi connectivity index (χ0) is 10.6. The first kappa shape index (κ1) is 11.1. The van der Waals surface area contributed by atoms with Crippen molar-refractivity contribution in [3.63, 3.8) is 0 Å². The van der Waals surface area contributed by atoms with Crippen LogP contribution in [0.15, 0.2) is 11.6 Å². The van der Waals surface area contributed by atoms with E-state index in [-0.39, 0.29) is 5.91 Å². The fourth-order valence-electron chi connectivity index (χ4n) is 0.859. The highest BCUT2D eigenvalue weighted by Crippen LogP contribution is 2.06. The van der Waals surface area contributed by atoms with E-state index in [2.05, 4.69) is 10.3 Å². The minimum Gasteiger partial charge on any atom is -0.348 e. The number of carbonyl (C=O) groups is 1. The van der Waals surface area contributed by atoms with E-state index in [1.807, 2.05) is 12.3 Å². The minimum atomic E-state index is -0.780. The standard InChI is InChI=1S/C9H15N3OS/c1-3-9(2,10)8(13)12-6-7-11-4-5-14-7/h4-5H,3,6,10H2,1-2H3,(H,12,13). The van der Waals surface area contributed by atoms with Crippen molar-refractivity contribution in [3.8, 4) is 0 Å². The molecule has 1 aromatic heterocycles. The Morgan fingerprint density at radius 3 is 3.00 bits per heavy atom. The van der Waals surface area contributed by atoms with Crippen LogP contribution in [0.3, 0.4) is 0 Å². The fraction of sp³-hybridized carbons (Fsp3) is 0.556. The molecule has 0 radical (unpaired) electrons. The van der Waals surface area contributed by atoms with Crippen molar-refractivity contribution in [1.82, 2.24) is 10.3 Å². The lowest BCUT2D eigenvalue weighted by molar-refractivity contribution is -0.126. The van der Waals surface area contributed by atoms with Gasteiger partial charge in [0.15, 0.2) is 0 Å². The smallest absolute Gasteiger partial charge is 0.240 e. The number of nitrogens with zero attached hydrogens (tertiary/aromatic N) is 1. The van der Waals surface area contributed by atoms with Gasteiger partial charge in [0.1, 0.15) is 5.01 Å². The normalized spacial score (nSPS) is 14.8. The summed E-state index contributed by atoms with van der Waals surface area (Å²) in [6.45, 7) is 4.08. The van der Waals surface area contributed by atoms with E-state index in [1.165, 1.54) is 11.3 Å². The molecule has 0 aromatic carbocycles. The average molecular weight is 213 g/mol. The van der Waals surface area contributed by atoms with Crippen molar-refractivity contribution < 1.29 is 4.79 Å². The number of hydrogen-bond acceptors (Lipinski definition) is 4. The predicted octanol–water partition coefficient (Wildman–Crippen LogP) is 0.887. The Hall–Kier alpha value is -0.940. The summed E-state index contributed by atoms with van der Waals surface area (Å²) in [7, 11) is 0. The van der Waals surface area contributed by atoms with Crippen LogP contribution in [0.25, 0.3) is 0 Å². The van der Waals surface area contributed by atoms with Gasteiger partial charge in [0, 0.05) is 11.6 Å². The summed E-state index contributed by atoms with van der Waals surface area (Å²) >= 11 is 1.52. The minimum absolute atomic E-state index is 0.129. The van der Waals surface area contributed by atoms with E-state index >= 15 is 0 Å². The quantitative estimate of drug-likeness (QED) is 0.780. The third kappa shape index (κ3) is 2.78. The summed E-state index contributed by atoms with van der Waals surface area (Å²) in [4.78, 5) is 15.6. The molecule has 4 nitrogen and oxygen atoms in total. The molecule has 3 N–H and O–H groups in total. The Morgan fingerprint density at radius 2 is 2.50 bits per heavy atom. The van der Waals surface area contributed by atoms with Gasteiger partial charge in [-0.05, 0) is 13.3 Å². The van der Waals surface area contributed by atoms with Crippen LogP contribution in [0.2, 0.25) is 0 Å². The van der Waals surface area contributed by atoms with E-state index in [4.69, 9.17) is 5.73 Å². The molecule has 0 saturated heterocycles. The molecule has 0 aliphatic carbocycles. The highest BCUT2D eigenvalue weighted by Gasteiger charge is 2.25. The average Bonchev–Trinajstić information content (AvgIpc) is 2.66. The van der Waals surface area contributed by atoms with E-state index < -0.39 is 5.54 Å². The van der Waals surface area contributed by atoms with Crippen LogP contribution < -0.4 is 11.1 Å². The van der Waals surface area contributed by atoms with Crippen LogP contribution in [-0.2, 0) is 11.3 Å². The molecule has 1 rings (SSSR count). The third-order valence-corrected chi connectivity index (χ3v) is 2.92. The van der Waals surface area contributed by atoms with Crippen LogP contribution in [0.4, 0.5) is 0 Å². The number of amides is 1. The van der Waals surface area contributed by atoms with Gasteiger partial charge in [-0.2, -0.15) is 0 Å². The topological polar surface area (TPSA) is 68.0 Å². The molecule has 0 aliphatic heterocycles. The number of rotatable bonds is 4. The maximum Gasteiger partial charge on any atom is 0.240 e. The Kier molecular flexibility index (Phi) is 3.60. The van der Waals surface area contributed by atoms with Gasteiger partial charge in [0.25, 0.3) is 0 Å². The van der Waals surface area contributed by atoms with Gasteiger partial charge >= 0.3 is 0 Å². The van der Waals surface area contributed by atoms with Crippen molar-refractivity contribution in [1.29, 1.82) is 0 Å². The molecule has 5 heteroatoms. The second-order valence-corrected chi connectivity index (χ2v) is 4.36. The number of carbonyl (C=O) groups excluding carboxylic acids is 1. The van der Waals surface area contributed by atoms with Crippen molar-refractivity contribution >= 4 is 17.2 Å². The van der Waals surface area contributed by atoms with E-state index in [1.54, 1.807) is 13.1 Å². The molecule has 1 atom stereocenters. The highest BCUT2D eigenvalue weighted by molar-refractivity contribution is 7.09. The van der Waals surface area contributed by atoms with Gasteiger partial charge < -0.3 is 11.1 Å². The Bertz CT molecular complexity index is 295. The molecule has 78 valence electrons. The number of thiazole rings is 1. The Morgan fingerprint density at radius 1 is 1.79 bits per heavy atom. The lowest BCUT2D eigenvalue weighted by Gasteiger charge is -2.20. The van der Waals surface area contributed by atoms with Crippen molar-refractivity contribution in [2.24, 2.45) is 5.73 Å². The lowest BCUT2D eigenvalue weighted by Crippen LogP contribution is -2.50. The molecule has 1 unspecified atom stereocenters. The monoisotopic (exact) mass is 213 g/mol. The zero-order valence-corrected chi connectivity index (χ0v) is 9.23. The van der Waals surface area contributed by atoms with Crippen LogP contribution in [0, 0.1) is 0 Å². The number of nitrogens with two attached hydrogens (primary N) is 1. The van der Waals surface area contributed by atoms with E-state index in [9.17, 15) is 4.79 Å². The lowest BCUT2D eigenvalue weighted by atomic mass is 10.00. The van der Waals surface area contributed by atoms with Crippen LogP contribution in [0.5, 0.6) is 0 Å². The van der Waals surface area contributed by atoms with Gasteiger partial charge in [0.05, 0.1) is 12.1 Å². The Labute approximate surface area is 87.5 Å². The van der Waals surface area contributed by atoms with Crippen LogP contribution in [0.1, 0.15) is 25.3 Å². The first-order chi connectivity index (χ1) is 6.56. The number of nitrogens with one attached hydrogen (secondary N) is 1. The summed E-state index contributed by atoms with van der Waals surface area (Å²) in [5.74, 6) is -0.129. The van der Waals surface area contributed by atoms with Gasteiger partial charge in [-0.25, -0.2) is 4.98 Å². The van der Waals surface area contributed by atoms with Crippen LogP contribution in [-0.4, -0.2) is 16.4 Å². The molecular weight excluding hydrogens is 198 g/mol. The molecule has 14 heavy (non-hydrogen) atoms. The summed E-state index contributed by atoms with van der Waals surface area (Å²) in [6.07, 6.45) is 2.34. The summed E-state index contributed by atoms with van der Waals surface area (Å²) < 4.78 is 0. The van der Waals surface area contributed by atoms with Gasteiger partial charge in [-0.3, -0.25) is 4.79 Å². The summed E-state index contributed by atoms with van der Waals surface area (Å²) in [5.41, 5.74) is 4.99. The van der Waals surface area contributed by atoms with Gasteiger partial charge in [-0.1, -0.05) is 6.92 Å².